The lowest BCUT2D eigenvalue weighted by Gasteiger charge is -2.22. The summed E-state index contributed by atoms with van der Waals surface area (Å²) in [6.07, 6.45) is 1.95. The molecule has 0 N–H and O–H groups in total. The summed E-state index contributed by atoms with van der Waals surface area (Å²) in [6.45, 7) is 4.66. The number of thiophene rings is 2. The zero-order valence-electron chi connectivity index (χ0n) is 63.8. The summed E-state index contributed by atoms with van der Waals surface area (Å²) in [6, 6.07) is 135. The quantitative estimate of drug-likeness (QED) is 0.136. The number of para-hydroxylation sites is 4. The van der Waals surface area contributed by atoms with Crippen LogP contribution in [0, 0.1) is 0 Å². The smallest absolute Gasteiger partial charge is 0.235 e. The first-order valence-electron chi connectivity index (χ1n) is 39.7. The van der Waals surface area contributed by atoms with E-state index in [-0.39, 0.29) is 5.41 Å². The van der Waals surface area contributed by atoms with Crippen molar-refractivity contribution in [2.75, 3.05) is 0 Å². The molecule has 0 spiro atoms. The highest BCUT2D eigenvalue weighted by molar-refractivity contribution is 7.26. The van der Waals surface area contributed by atoms with Crippen molar-refractivity contribution < 1.29 is 0 Å². The van der Waals surface area contributed by atoms with Gasteiger partial charge in [-0.25, -0.2) is 19.9 Å². The van der Waals surface area contributed by atoms with Crippen molar-refractivity contribution in [3.63, 3.8) is 0 Å². The van der Waals surface area contributed by atoms with Gasteiger partial charge in [-0.05, 0) is 169 Å². The fourth-order valence-corrected chi connectivity index (χ4v) is 20.2. The summed E-state index contributed by atoms with van der Waals surface area (Å²) >= 11 is 3.71. The van der Waals surface area contributed by atoms with E-state index in [0.717, 1.165) is 99.5 Å². The molecule has 0 aliphatic heterocycles. The maximum absolute atomic E-state index is 5.44. The fraction of sp³-hybridized carbons (Fsp3) is 0.0278. The Morgan fingerprint density at radius 1 is 0.231 bits per heavy atom. The minimum atomic E-state index is -0.105. The molecule has 0 saturated heterocycles. The van der Waals surface area contributed by atoms with Crippen molar-refractivity contribution in [3.05, 3.63) is 393 Å². The first-order chi connectivity index (χ1) is 57.7. The normalized spacial score (nSPS) is 12.4. The van der Waals surface area contributed by atoms with E-state index in [2.05, 4.69) is 387 Å². The molecule has 7 aromatic heterocycles. The number of pyridine rings is 1. The molecular weight excluding hydrogens is 1460 g/mol. The van der Waals surface area contributed by atoms with E-state index in [1.165, 1.54) is 118 Å². The third kappa shape index (κ3) is 11.5. The fourth-order valence-electron chi connectivity index (χ4n) is 18.0. The van der Waals surface area contributed by atoms with Crippen LogP contribution in [-0.2, 0) is 5.41 Å². The highest BCUT2D eigenvalue weighted by Gasteiger charge is 2.36. The van der Waals surface area contributed by atoms with Gasteiger partial charge in [0.1, 0.15) is 0 Å². The monoisotopic (exact) mass is 1530 g/mol. The molecule has 0 unspecified atom stereocenters. The van der Waals surface area contributed by atoms with Crippen LogP contribution in [0.2, 0.25) is 0 Å². The Morgan fingerprint density at radius 3 is 1.12 bits per heavy atom. The number of hydrogen-bond acceptors (Lipinski definition) is 7. The van der Waals surface area contributed by atoms with Gasteiger partial charge in [-0.1, -0.05) is 293 Å². The van der Waals surface area contributed by atoms with Gasteiger partial charge in [0.2, 0.25) is 11.9 Å². The predicted octanol–water partition coefficient (Wildman–Crippen LogP) is 29.2. The van der Waals surface area contributed by atoms with Gasteiger partial charge >= 0.3 is 0 Å². The Balaban J connectivity index is 0.000000138. The molecule has 24 rings (SSSR count). The number of hydrogen-bond donors (Lipinski definition) is 0. The Kier molecular flexibility index (Phi) is 15.9. The van der Waals surface area contributed by atoms with E-state index in [0.29, 0.717) is 11.9 Å². The molecule has 0 radical (unpaired) electrons. The van der Waals surface area contributed by atoms with E-state index in [4.69, 9.17) is 24.9 Å². The lowest BCUT2D eigenvalue weighted by atomic mass is 9.82. The average molecular weight is 1530 g/mol. The third-order valence-corrected chi connectivity index (χ3v) is 26.3. The Bertz CT molecular complexity index is 7950. The Hall–Kier alpha value is -14.6. The molecule has 1 aliphatic carbocycles. The van der Waals surface area contributed by atoms with Crippen molar-refractivity contribution in [2.45, 2.75) is 19.3 Å². The minimum Gasteiger partial charge on any atom is -0.278 e. The molecule has 0 bridgehead atoms. The van der Waals surface area contributed by atoms with Gasteiger partial charge in [0.25, 0.3) is 0 Å². The van der Waals surface area contributed by atoms with Crippen LogP contribution in [0.15, 0.2) is 382 Å². The second kappa shape index (κ2) is 27.3. The zero-order valence-corrected chi connectivity index (χ0v) is 65.5. The Labute approximate surface area is 682 Å². The number of benzene rings is 16. The molecule has 16 aromatic carbocycles. The largest absolute Gasteiger partial charge is 0.278 e. The maximum atomic E-state index is 5.44. The van der Waals surface area contributed by atoms with Crippen LogP contribution in [0.5, 0.6) is 0 Å². The molecule has 0 saturated carbocycles. The molecule has 23 aromatic rings. The van der Waals surface area contributed by atoms with E-state index in [1.54, 1.807) is 0 Å². The summed E-state index contributed by atoms with van der Waals surface area (Å²) in [5.41, 5.74) is 29.2. The van der Waals surface area contributed by atoms with Crippen LogP contribution in [0.25, 0.3) is 218 Å². The molecular formula is C108H69N7S2. The van der Waals surface area contributed by atoms with Crippen molar-refractivity contribution in [1.29, 1.82) is 0 Å². The molecule has 1 aliphatic rings. The van der Waals surface area contributed by atoms with E-state index < -0.39 is 0 Å². The van der Waals surface area contributed by atoms with Crippen LogP contribution >= 0.6 is 22.7 Å². The summed E-state index contributed by atoms with van der Waals surface area (Å²) in [5.74, 6) is 1.31. The number of aromatic nitrogens is 7. The van der Waals surface area contributed by atoms with E-state index in [1.807, 2.05) is 41.0 Å². The molecule has 0 fully saturated rings. The lowest BCUT2D eigenvalue weighted by Crippen LogP contribution is -2.15. The minimum absolute atomic E-state index is 0.105. The van der Waals surface area contributed by atoms with Crippen LogP contribution in [0.4, 0.5) is 0 Å². The first kappa shape index (κ1) is 68.0. The summed E-state index contributed by atoms with van der Waals surface area (Å²) in [5, 5.41) is 12.0. The Morgan fingerprint density at radius 2 is 0.598 bits per heavy atom. The van der Waals surface area contributed by atoms with Gasteiger partial charge in [-0.3, -0.25) is 14.1 Å². The van der Waals surface area contributed by atoms with Crippen molar-refractivity contribution in [1.82, 2.24) is 34.1 Å². The number of nitrogens with zero attached hydrogens (tertiary/aromatic N) is 7. The standard InChI is InChI=1S/C55H34N4S.C53H35N3S/c1-2-10-35(11-3-1)42-26-29-48(56-34-42)38-22-24-39(25-23-38)54-45-14-4-7-15-49(45)57-55(58-54)59-50-16-8-5-12-43(50)46-32-40(27-30-51(46)59)36-18-20-37(21-19-36)41-28-31-53-47(33-41)44-13-6-9-17-52(44)60-53;1-53(2)44-15-7-3-11-37(44)38-26-23-36(31-45(38)53)51-41-14-4-8-16-46(41)54-52(55-51)56-47-17-9-5-12-39(47)42-29-34(24-27-48(42)56)32-19-21-33(22-20-32)35-25-28-50-43(30-35)40-13-6-10-18-49(40)57-50/h1-34H;3-31H,1-2H3. The second-order valence-corrected chi connectivity index (χ2v) is 33.2. The highest BCUT2D eigenvalue weighted by atomic mass is 32.1. The molecule has 7 nitrogen and oxygen atoms in total. The molecule has 117 heavy (non-hydrogen) atoms. The number of fused-ring (bicyclic) bond motifs is 17. The topological polar surface area (TPSA) is 74.3 Å². The summed E-state index contributed by atoms with van der Waals surface area (Å²) < 4.78 is 9.76. The van der Waals surface area contributed by atoms with Gasteiger partial charge in [0.15, 0.2) is 0 Å². The third-order valence-electron chi connectivity index (χ3n) is 24.0. The first-order valence-corrected chi connectivity index (χ1v) is 41.4. The van der Waals surface area contributed by atoms with Gasteiger partial charge in [-0.2, -0.15) is 0 Å². The predicted molar refractivity (Wildman–Crippen MR) is 492 cm³/mol. The maximum Gasteiger partial charge on any atom is 0.235 e. The summed E-state index contributed by atoms with van der Waals surface area (Å²) in [4.78, 5) is 26.0. The van der Waals surface area contributed by atoms with Crippen molar-refractivity contribution in [3.8, 4) is 112 Å². The van der Waals surface area contributed by atoms with Crippen LogP contribution in [0.3, 0.4) is 0 Å². The molecule has 9 heteroatoms. The van der Waals surface area contributed by atoms with Crippen molar-refractivity contribution >= 4 is 128 Å². The zero-order chi connectivity index (χ0) is 77.4. The SMILES string of the molecule is CC1(C)c2ccccc2-c2ccc(-c3nc(-n4c5ccccc5c5cc(-c6ccc(-c7ccc8sc9ccccc9c8c7)cc6)ccc54)nc4ccccc34)cc21.c1ccc(-c2ccc(-c3ccc(-c4nc(-n5c6ccccc6c6cc(-c7ccc(-c8ccc9sc%10ccccc%10c9c8)cc7)ccc65)nc5ccccc45)cc3)nc2)cc1. The summed E-state index contributed by atoms with van der Waals surface area (Å²) in [7, 11) is 0. The highest BCUT2D eigenvalue weighted by Crippen LogP contribution is 2.51. The van der Waals surface area contributed by atoms with E-state index >= 15 is 0 Å². The molecule has 0 amide bonds. The van der Waals surface area contributed by atoms with Gasteiger partial charge in [0, 0.05) is 107 Å². The number of rotatable bonds is 10. The van der Waals surface area contributed by atoms with Crippen LogP contribution in [0.1, 0.15) is 25.0 Å². The van der Waals surface area contributed by atoms with Crippen LogP contribution < -0.4 is 0 Å². The van der Waals surface area contributed by atoms with Gasteiger partial charge in [-0.15, -0.1) is 22.7 Å². The molecule has 7 heterocycles. The van der Waals surface area contributed by atoms with E-state index in [9.17, 15) is 0 Å². The van der Waals surface area contributed by atoms with Crippen LogP contribution in [-0.4, -0.2) is 34.1 Å². The van der Waals surface area contributed by atoms with Crippen molar-refractivity contribution in [2.24, 2.45) is 0 Å². The lowest BCUT2D eigenvalue weighted by molar-refractivity contribution is 0.660. The van der Waals surface area contributed by atoms with Gasteiger partial charge < -0.3 is 0 Å². The second-order valence-electron chi connectivity index (χ2n) is 31.0. The molecule has 0 atom stereocenters. The average Bonchev–Trinajstić information content (AvgIpc) is 1.59. The van der Waals surface area contributed by atoms with Gasteiger partial charge in [0.05, 0.1) is 50.2 Å². The molecule has 548 valence electrons.